The number of likely N-dealkylation sites (tertiary alicyclic amines) is 2. The zero-order valence-electron chi connectivity index (χ0n) is 11.2. The van der Waals surface area contributed by atoms with Crippen molar-refractivity contribution >= 4 is 5.97 Å². The summed E-state index contributed by atoms with van der Waals surface area (Å²) in [6, 6.07) is 0. The molecule has 100 valence electrons. The van der Waals surface area contributed by atoms with E-state index in [1.165, 1.54) is 58.3 Å². The van der Waals surface area contributed by atoms with Crippen LogP contribution >= 0.6 is 0 Å². The van der Waals surface area contributed by atoms with Gasteiger partial charge in [-0.2, -0.15) is 0 Å². The van der Waals surface area contributed by atoms with Gasteiger partial charge in [-0.05, 0) is 51.9 Å². The molecule has 0 spiro atoms. The first-order valence-electron chi connectivity index (χ1n) is 6.82. The van der Waals surface area contributed by atoms with E-state index in [0.717, 1.165) is 13.1 Å². The van der Waals surface area contributed by atoms with Gasteiger partial charge in [0.05, 0.1) is 6.17 Å². The summed E-state index contributed by atoms with van der Waals surface area (Å²) >= 11 is 0. The molecule has 0 aliphatic carbocycles. The lowest BCUT2D eigenvalue weighted by Gasteiger charge is -2.37. The van der Waals surface area contributed by atoms with Crippen molar-refractivity contribution < 1.29 is 9.90 Å². The molecule has 4 heteroatoms. The molecule has 2 saturated heterocycles. The lowest BCUT2D eigenvalue weighted by molar-refractivity contribution is -0.134. The van der Waals surface area contributed by atoms with Gasteiger partial charge in [-0.1, -0.05) is 13.3 Å². The number of carboxylic acids is 1. The highest BCUT2D eigenvalue weighted by atomic mass is 16.4. The minimum atomic E-state index is -0.833. The third kappa shape index (κ3) is 5.04. The minimum absolute atomic E-state index is 0.797. The topological polar surface area (TPSA) is 43.8 Å². The normalized spacial score (nSPS) is 26.4. The Morgan fingerprint density at radius 2 is 1.76 bits per heavy atom. The van der Waals surface area contributed by atoms with E-state index in [1.54, 1.807) is 0 Å². The molecule has 17 heavy (non-hydrogen) atoms. The maximum atomic E-state index is 9.00. The molecular formula is C13H26N2O2. The standard InChI is InChI=1S/C11H22N2.C2H4O2/c1-2-12-10-6-7-11(12)13-8-4-3-5-9-13;1-2(3)4/h11H,2-10H2,1H3;1H3,(H,3,4). The molecule has 0 aromatic heterocycles. The molecule has 0 amide bonds. The molecule has 1 N–H and O–H groups in total. The molecule has 2 fully saturated rings. The van der Waals surface area contributed by atoms with Crippen LogP contribution in [-0.4, -0.2) is 53.2 Å². The Balaban J connectivity index is 0.000000317. The molecular weight excluding hydrogens is 216 g/mol. The van der Waals surface area contributed by atoms with Crippen molar-refractivity contribution in [2.45, 2.75) is 52.1 Å². The van der Waals surface area contributed by atoms with Crippen LogP contribution in [0.25, 0.3) is 0 Å². The Hall–Kier alpha value is -0.610. The molecule has 2 aliphatic heterocycles. The van der Waals surface area contributed by atoms with Gasteiger partial charge >= 0.3 is 0 Å². The number of nitrogens with zero attached hydrogens (tertiary/aromatic N) is 2. The van der Waals surface area contributed by atoms with E-state index in [-0.39, 0.29) is 0 Å². The predicted octanol–water partition coefficient (Wildman–Crippen LogP) is 2.00. The third-order valence-electron chi connectivity index (χ3n) is 3.55. The van der Waals surface area contributed by atoms with Crippen LogP contribution in [0.1, 0.15) is 46.0 Å². The molecule has 1 unspecified atom stereocenters. The van der Waals surface area contributed by atoms with Gasteiger partial charge in [-0.3, -0.25) is 14.6 Å². The number of piperidine rings is 1. The van der Waals surface area contributed by atoms with Gasteiger partial charge in [0.25, 0.3) is 5.97 Å². The van der Waals surface area contributed by atoms with Crippen molar-refractivity contribution in [3.63, 3.8) is 0 Å². The Morgan fingerprint density at radius 1 is 1.18 bits per heavy atom. The molecule has 2 rings (SSSR count). The summed E-state index contributed by atoms with van der Waals surface area (Å²) in [5, 5.41) is 7.42. The monoisotopic (exact) mass is 242 g/mol. The number of rotatable bonds is 2. The van der Waals surface area contributed by atoms with E-state index in [4.69, 9.17) is 9.90 Å². The van der Waals surface area contributed by atoms with E-state index in [2.05, 4.69) is 16.7 Å². The average molecular weight is 242 g/mol. The highest BCUT2D eigenvalue weighted by Gasteiger charge is 2.28. The van der Waals surface area contributed by atoms with Crippen LogP contribution in [0.4, 0.5) is 0 Å². The summed E-state index contributed by atoms with van der Waals surface area (Å²) in [5.74, 6) is -0.833. The number of hydrogen-bond acceptors (Lipinski definition) is 3. The van der Waals surface area contributed by atoms with Crippen LogP contribution in [0.3, 0.4) is 0 Å². The molecule has 1 atom stereocenters. The lowest BCUT2D eigenvalue weighted by Crippen LogP contribution is -2.46. The lowest BCUT2D eigenvalue weighted by atomic mass is 10.1. The molecule has 0 radical (unpaired) electrons. The summed E-state index contributed by atoms with van der Waals surface area (Å²) in [6.07, 6.45) is 7.92. The van der Waals surface area contributed by atoms with Gasteiger partial charge in [-0.15, -0.1) is 0 Å². The molecule has 0 aromatic carbocycles. The Morgan fingerprint density at radius 3 is 2.29 bits per heavy atom. The van der Waals surface area contributed by atoms with Gasteiger partial charge in [-0.25, -0.2) is 0 Å². The van der Waals surface area contributed by atoms with Crippen LogP contribution in [0.15, 0.2) is 0 Å². The number of hydrogen-bond donors (Lipinski definition) is 1. The van der Waals surface area contributed by atoms with Crippen LogP contribution in [0.5, 0.6) is 0 Å². The zero-order chi connectivity index (χ0) is 12.7. The maximum absolute atomic E-state index is 9.00. The van der Waals surface area contributed by atoms with E-state index in [9.17, 15) is 0 Å². The summed E-state index contributed by atoms with van der Waals surface area (Å²) in [7, 11) is 0. The van der Waals surface area contributed by atoms with Gasteiger partial charge in [0.15, 0.2) is 0 Å². The fraction of sp³-hybridized carbons (Fsp3) is 0.923. The van der Waals surface area contributed by atoms with Crippen LogP contribution in [-0.2, 0) is 4.79 Å². The summed E-state index contributed by atoms with van der Waals surface area (Å²) in [5.41, 5.74) is 0. The van der Waals surface area contributed by atoms with Crippen LogP contribution < -0.4 is 0 Å². The summed E-state index contributed by atoms with van der Waals surface area (Å²) in [4.78, 5) is 14.4. The second-order valence-corrected chi connectivity index (χ2v) is 4.87. The number of carbonyl (C=O) groups is 1. The fourth-order valence-electron chi connectivity index (χ4n) is 2.81. The second-order valence-electron chi connectivity index (χ2n) is 4.87. The third-order valence-corrected chi connectivity index (χ3v) is 3.55. The first kappa shape index (κ1) is 14.5. The molecule has 0 bridgehead atoms. The van der Waals surface area contributed by atoms with Gasteiger partial charge in [0, 0.05) is 6.92 Å². The minimum Gasteiger partial charge on any atom is -0.481 e. The van der Waals surface area contributed by atoms with Crippen molar-refractivity contribution in [3.8, 4) is 0 Å². The van der Waals surface area contributed by atoms with Crippen molar-refractivity contribution in [2.24, 2.45) is 0 Å². The highest BCUT2D eigenvalue weighted by molar-refractivity contribution is 5.62. The van der Waals surface area contributed by atoms with E-state index in [1.807, 2.05) is 0 Å². The summed E-state index contributed by atoms with van der Waals surface area (Å²) in [6.45, 7) is 8.64. The Kier molecular flexibility index (Phi) is 6.52. The van der Waals surface area contributed by atoms with Gasteiger partial charge in [0.1, 0.15) is 0 Å². The van der Waals surface area contributed by atoms with Gasteiger partial charge in [0.2, 0.25) is 0 Å². The number of carboxylic acid groups (broad SMARTS) is 1. The second kappa shape index (κ2) is 7.67. The van der Waals surface area contributed by atoms with Crippen LogP contribution in [0.2, 0.25) is 0 Å². The SMILES string of the molecule is CC(=O)O.CCN1CCCC1N1CCCCC1. The molecule has 2 heterocycles. The number of aliphatic carboxylic acids is 1. The quantitative estimate of drug-likeness (QED) is 0.804. The largest absolute Gasteiger partial charge is 0.481 e. The molecule has 2 aliphatic rings. The van der Waals surface area contributed by atoms with Crippen molar-refractivity contribution in [1.82, 2.24) is 9.80 Å². The Labute approximate surface area is 105 Å². The van der Waals surface area contributed by atoms with Crippen LogP contribution in [0, 0.1) is 0 Å². The van der Waals surface area contributed by atoms with Crippen molar-refractivity contribution in [3.05, 3.63) is 0 Å². The predicted molar refractivity (Wildman–Crippen MR) is 69.0 cm³/mol. The van der Waals surface area contributed by atoms with E-state index >= 15 is 0 Å². The molecule has 0 saturated carbocycles. The fourth-order valence-corrected chi connectivity index (χ4v) is 2.81. The first-order chi connectivity index (χ1) is 8.15. The molecule has 4 nitrogen and oxygen atoms in total. The van der Waals surface area contributed by atoms with Gasteiger partial charge < -0.3 is 5.11 Å². The Bertz CT molecular complexity index is 223. The maximum Gasteiger partial charge on any atom is 0.300 e. The first-order valence-corrected chi connectivity index (χ1v) is 6.82. The van der Waals surface area contributed by atoms with Crippen molar-refractivity contribution in [2.75, 3.05) is 26.2 Å². The molecule has 0 aromatic rings. The summed E-state index contributed by atoms with van der Waals surface area (Å²) < 4.78 is 0. The van der Waals surface area contributed by atoms with E-state index < -0.39 is 5.97 Å². The highest BCUT2D eigenvalue weighted by Crippen LogP contribution is 2.23. The van der Waals surface area contributed by atoms with E-state index in [0.29, 0.717) is 0 Å². The smallest absolute Gasteiger partial charge is 0.300 e. The average Bonchev–Trinajstić information content (AvgIpc) is 2.77. The van der Waals surface area contributed by atoms with Crippen molar-refractivity contribution in [1.29, 1.82) is 0 Å². The zero-order valence-corrected chi connectivity index (χ0v) is 11.2.